The Hall–Kier alpha value is -1.65. The van der Waals surface area contributed by atoms with Gasteiger partial charge in [-0.05, 0) is 13.8 Å². The maximum absolute atomic E-state index is 4.90. The zero-order valence-corrected chi connectivity index (χ0v) is 7.48. The van der Waals surface area contributed by atoms with Crippen molar-refractivity contribution in [2.24, 2.45) is 0 Å². The normalized spacial score (nSPS) is 11.0. The second-order valence-corrected chi connectivity index (χ2v) is 3.07. The van der Waals surface area contributed by atoms with Gasteiger partial charge in [-0.25, -0.2) is 4.98 Å². The summed E-state index contributed by atoms with van der Waals surface area (Å²) in [6.07, 6.45) is 3.07. The van der Waals surface area contributed by atoms with Gasteiger partial charge in [0.15, 0.2) is 0 Å². The van der Waals surface area contributed by atoms with Gasteiger partial charge in [0, 0.05) is 6.04 Å². The third-order valence-electron chi connectivity index (χ3n) is 1.59. The number of fused-ring (bicyclic) bond motifs is 1. The average molecular weight is 178 g/mol. The molecular weight excluding hydrogens is 168 g/mol. The summed E-state index contributed by atoms with van der Waals surface area (Å²) in [6, 6.07) is 0.327. The maximum Gasteiger partial charge on any atom is 0.262 e. The molecule has 5 nitrogen and oxygen atoms in total. The molecule has 2 rings (SSSR count). The number of hydrogen-bond acceptors (Lipinski definition) is 5. The molecule has 5 heteroatoms. The highest BCUT2D eigenvalue weighted by molar-refractivity contribution is 5.84. The van der Waals surface area contributed by atoms with Crippen molar-refractivity contribution >= 4 is 16.9 Å². The molecule has 0 amide bonds. The largest absolute Gasteiger partial charge is 0.367 e. The highest BCUT2D eigenvalue weighted by Crippen LogP contribution is 2.18. The van der Waals surface area contributed by atoms with E-state index in [2.05, 4.69) is 20.4 Å². The lowest BCUT2D eigenvalue weighted by Gasteiger charge is -2.07. The highest BCUT2D eigenvalue weighted by atomic mass is 16.5. The van der Waals surface area contributed by atoms with Crippen LogP contribution in [0.5, 0.6) is 0 Å². The fourth-order valence-electron chi connectivity index (χ4n) is 1.09. The molecule has 2 aromatic heterocycles. The van der Waals surface area contributed by atoms with Gasteiger partial charge in [0.05, 0.1) is 6.20 Å². The van der Waals surface area contributed by atoms with E-state index >= 15 is 0 Å². The quantitative estimate of drug-likeness (QED) is 0.753. The lowest BCUT2D eigenvalue weighted by Crippen LogP contribution is -2.11. The van der Waals surface area contributed by atoms with E-state index < -0.39 is 0 Å². The molecule has 68 valence electrons. The van der Waals surface area contributed by atoms with E-state index in [1.54, 1.807) is 6.20 Å². The van der Waals surface area contributed by atoms with Gasteiger partial charge in [-0.1, -0.05) is 5.16 Å². The van der Waals surface area contributed by atoms with Gasteiger partial charge in [-0.3, -0.25) is 0 Å². The van der Waals surface area contributed by atoms with Gasteiger partial charge in [-0.15, -0.1) is 0 Å². The minimum absolute atomic E-state index is 0.327. The zero-order chi connectivity index (χ0) is 9.26. The van der Waals surface area contributed by atoms with Crippen molar-refractivity contribution < 1.29 is 4.52 Å². The fraction of sp³-hybridized carbons (Fsp3) is 0.375. The number of nitrogens with zero attached hydrogens (tertiary/aromatic N) is 3. The summed E-state index contributed by atoms with van der Waals surface area (Å²) in [6.45, 7) is 4.09. The van der Waals surface area contributed by atoms with E-state index in [-0.39, 0.29) is 0 Å². The van der Waals surface area contributed by atoms with Crippen LogP contribution in [0.3, 0.4) is 0 Å². The molecule has 0 spiro atoms. The van der Waals surface area contributed by atoms with Gasteiger partial charge in [0.1, 0.15) is 17.5 Å². The lowest BCUT2D eigenvalue weighted by molar-refractivity contribution is 0.448. The SMILES string of the molecule is CC(C)Nc1ncnc2oncc12. The van der Waals surface area contributed by atoms with Crippen LogP contribution in [0.1, 0.15) is 13.8 Å². The van der Waals surface area contributed by atoms with Crippen LogP contribution in [0.15, 0.2) is 17.0 Å². The summed E-state index contributed by atoms with van der Waals surface area (Å²) in [5.41, 5.74) is 0.512. The number of aromatic nitrogens is 3. The van der Waals surface area contributed by atoms with E-state index in [0.29, 0.717) is 11.8 Å². The molecule has 0 bridgehead atoms. The van der Waals surface area contributed by atoms with Crippen LogP contribution >= 0.6 is 0 Å². The second-order valence-electron chi connectivity index (χ2n) is 3.07. The van der Waals surface area contributed by atoms with Gasteiger partial charge >= 0.3 is 0 Å². The van der Waals surface area contributed by atoms with E-state index in [9.17, 15) is 0 Å². The second kappa shape index (κ2) is 3.01. The Morgan fingerprint density at radius 2 is 2.23 bits per heavy atom. The molecule has 0 unspecified atom stereocenters. The van der Waals surface area contributed by atoms with Gasteiger partial charge in [0.25, 0.3) is 5.71 Å². The minimum atomic E-state index is 0.327. The van der Waals surface area contributed by atoms with E-state index in [1.807, 2.05) is 13.8 Å². The maximum atomic E-state index is 4.90. The number of rotatable bonds is 2. The predicted molar refractivity (Wildman–Crippen MR) is 48.4 cm³/mol. The van der Waals surface area contributed by atoms with E-state index in [1.165, 1.54) is 6.33 Å². The van der Waals surface area contributed by atoms with E-state index in [0.717, 1.165) is 11.2 Å². The highest BCUT2D eigenvalue weighted by Gasteiger charge is 2.07. The first-order valence-electron chi connectivity index (χ1n) is 4.09. The molecule has 0 aliphatic rings. The van der Waals surface area contributed by atoms with Crippen LogP contribution in [0.4, 0.5) is 5.82 Å². The molecule has 2 aromatic rings. The Labute approximate surface area is 75.2 Å². The Morgan fingerprint density at radius 1 is 1.38 bits per heavy atom. The molecule has 0 aliphatic heterocycles. The molecule has 0 saturated carbocycles. The Balaban J connectivity index is 2.48. The van der Waals surface area contributed by atoms with Crippen LogP contribution in [0, 0.1) is 0 Å². The third-order valence-corrected chi connectivity index (χ3v) is 1.59. The number of anilines is 1. The Morgan fingerprint density at radius 3 is 3.00 bits per heavy atom. The van der Waals surface area contributed by atoms with Crippen molar-refractivity contribution in [1.82, 2.24) is 15.1 Å². The van der Waals surface area contributed by atoms with E-state index in [4.69, 9.17) is 4.52 Å². The van der Waals surface area contributed by atoms with Crippen molar-refractivity contribution in [3.8, 4) is 0 Å². The van der Waals surface area contributed by atoms with Crippen molar-refractivity contribution in [3.63, 3.8) is 0 Å². The molecule has 13 heavy (non-hydrogen) atoms. The van der Waals surface area contributed by atoms with Gasteiger partial charge in [-0.2, -0.15) is 4.98 Å². The number of nitrogens with one attached hydrogen (secondary N) is 1. The molecular formula is C8H10N4O. The summed E-state index contributed by atoms with van der Waals surface area (Å²) in [7, 11) is 0. The first-order valence-corrected chi connectivity index (χ1v) is 4.09. The van der Waals surface area contributed by atoms with Gasteiger partial charge in [0.2, 0.25) is 0 Å². The number of hydrogen-bond donors (Lipinski definition) is 1. The van der Waals surface area contributed by atoms with Crippen LogP contribution in [-0.2, 0) is 0 Å². The molecule has 2 heterocycles. The average Bonchev–Trinajstić information content (AvgIpc) is 2.51. The van der Waals surface area contributed by atoms with Crippen LogP contribution in [0.2, 0.25) is 0 Å². The fourth-order valence-corrected chi connectivity index (χ4v) is 1.09. The summed E-state index contributed by atoms with van der Waals surface area (Å²) in [5, 5.41) is 7.65. The topological polar surface area (TPSA) is 63.8 Å². The van der Waals surface area contributed by atoms with Crippen molar-refractivity contribution in [2.45, 2.75) is 19.9 Å². The summed E-state index contributed by atoms with van der Waals surface area (Å²) in [4.78, 5) is 8.03. The molecule has 0 aromatic carbocycles. The molecule has 0 saturated heterocycles. The first-order chi connectivity index (χ1) is 6.27. The summed E-state index contributed by atoms with van der Waals surface area (Å²) < 4.78 is 4.90. The van der Waals surface area contributed by atoms with Crippen molar-refractivity contribution in [3.05, 3.63) is 12.5 Å². The lowest BCUT2D eigenvalue weighted by atomic mass is 10.3. The molecule has 0 fully saturated rings. The monoisotopic (exact) mass is 178 g/mol. The van der Waals surface area contributed by atoms with Crippen molar-refractivity contribution in [2.75, 3.05) is 5.32 Å². The third kappa shape index (κ3) is 1.44. The minimum Gasteiger partial charge on any atom is -0.367 e. The zero-order valence-electron chi connectivity index (χ0n) is 7.48. The molecule has 0 atom stereocenters. The smallest absolute Gasteiger partial charge is 0.262 e. The van der Waals surface area contributed by atoms with Crippen LogP contribution < -0.4 is 5.32 Å². The van der Waals surface area contributed by atoms with Crippen LogP contribution in [-0.4, -0.2) is 21.2 Å². The van der Waals surface area contributed by atoms with Gasteiger partial charge < -0.3 is 9.84 Å². The predicted octanol–water partition coefficient (Wildman–Crippen LogP) is 1.44. The van der Waals surface area contributed by atoms with Crippen LogP contribution in [0.25, 0.3) is 11.1 Å². The summed E-state index contributed by atoms with van der Waals surface area (Å²) in [5.74, 6) is 0.765. The van der Waals surface area contributed by atoms with Crippen molar-refractivity contribution in [1.29, 1.82) is 0 Å². The summed E-state index contributed by atoms with van der Waals surface area (Å²) >= 11 is 0. The molecule has 1 N–H and O–H groups in total. The molecule has 0 radical (unpaired) electrons. The Kier molecular flexibility index (Phi) is 1.84. The molecule has 0 aliphatic carbocycles. The first kappa shape index (κ1) is 7.97. The Bertz CT molecular complexity index is 409. The standard InChI is InChI=1S/C8H10N4O/c1-5(2)12-7-6-3-11-13-8(6)10-4-9-7/h3-5H,1-2H3,(H,9,10,12).